The van der Waals surface area contributed by atoms with Crippen molar-refractivity contribution in [1.29, 1.82) is 0 Å². The van der Waals surface area contributed by atoms with Crippen molar-refractivity contribution in [2.75, 3.05) is 7.11 Å². The molecule has 0 saturated heterocycles. The number of benzene rings is 2. The first-order valence-corrected chi connectivity index (χ1v) is 8.11. The summed E-state index contributed by atoms with van der Waals surface area (Å²) in [5.74, 6) is -0.675. The van der Waals surface area contributed by atoms with Crippen LogP contribution in [-0.2, 0) is 11.3 Å². The molecule has 26 heavy (non-hydrogen) atoms. The molecule has 0 amide bonds. The third-order valence-corrected chi connectivity index (χ3v) is 4.01. The van der Waals surface area contributed by atoms with E-state index >= 15 is 0 Å². The van der Waals surface area contributed by atoms with E-state index in [1.54, 1.807) is 16.9 Å². The van der Waals surface area contributed by atoms with Crippen molar-refractivity contribution in [2.45, 2.75) is 6.54 Å². The highest BCUT2D eigenvalue weighted by molar-refractivity contribution is 6.31. The second kappa shape index (κ2) is 7.84. The summed E-state index contributed by atoms with van der Waals surface area (Å²) in [7, 11) is 1.30. The largest absolute Gasteiger partial charge is 0.465 e. The maximum atomic E-state index is 12.2. The molecule has 0 atom stereocenters. The van der Waals surface area contributed by atoms with Crippen LogP contribution >= 0.6 is 11.6 Å². The molecule has 0 fully saturated rings. The number of methoxy groups -OCH3 is 1. The second-order valence-electron chi connectivity index (χ2n) is 5.42. The van der Waals surface area contributed by atoms with Gasteiger partial charge in [-0.15, -0.1) is 0 Å². The maximum absolute atomic E-state index is 12.2. The van der Waals surface area contributed by atoms with Crippen molar-refractivity contribution >= 4 is 23.5 Å². The van der Waals surface area contributed by atoms with Gasteiger partial charge >= 0.3 is 11.9 Å². The van der Waals surface area contributed by atoms with E-state index in [1.807, 2.05) is 18.2 Å². The Hall–Kier alpha value is -3.12. The summed E-state index contributed by atoms with van der Waals surface area (Å²) in [5, 5.41) is 4.80. The number of hydrogen-bond acceptors (Lipinski definition) is 5. The van der Waals surface area contributed by atoms with Gasteiger partial charge < -0.3 is 9.47 Å². The zero-order chi connectivity index (χ0) is 18.5. The van der Waals surface area contributed by atoms with Gasteiger partial charge in [-0.3, -0.25) is 4.68 Å². The third kappa shape index (κ3) is 4.10. The number of carbonyl (C=O) groups is 2. The predicted octanol–water partition coefficient (Wildman–Crippen LogP) is 3.59. The van der Waals surface area contributed by atoms with Crippen molar-refractivity contribution in [1.82, 2.24) is 9.78 Å². The van der Waals surface area contributed by atoms with Crippen molar-refractivity contribution in [3.63, 3.8) is 0 Å². The Morgan fingerprint density at radius 1 is 1.04 bits per heavy atom. The summed E-state index contributed by atoms with van der Waals surface area (Å²) in [4.78, 5) is 23.6. The summed E-state index contributed by atoms with van der Waals surface area (Å²) in [6, 6.07) is 13.5. The van der Waals surface area contributed by atoms with E-state index in [4.69, 9.17) is 16.3 Å². The van der Waals surface area contributed by atoms with Gasteiger partial charge in [0.2, 0.25) is 0 Å². The molecule has 3 rings (SSSR count). The molecule has 3 aromatic rings. The Bertz CT molecular complexity index is 935. The van der Waals surface area contributed by atoms with Crippen LogP contribution in [0.15, 0.2) is 60.9 Å². The predicted molar refractivity (Wildman–Crippen MR) is 95.5 cm³/mol. The van der Waals surface area contributed by atoms with Crippen LogP contribution in [0, 0.1) is 0 Å². The van der Waals surface area contributed by atoms with Crippen LogP contribution in [0.1, 0.15) is 26.3 Å². The molecule has 0 N–H and O–H groups in total. The van der Waals surface area contributed by atoms with Crippen molar-refractivity contribution in [3.05, 3.63) is 82.6 Å². The quantitative estimate of drug-likeness (QED) is 0.507. The molecule has 0 aliphatic carbocycles. The maximum Gasteiger partial charge on any atom is 0.346 e. The fourth-order valence-electron chi connectivity index (χ4n) is 2.30. The number of ether oxygens (including phenoxy) is 2. The van der Waals surface area contributed by atoms with Gasteiger partial charge in [0.05, 0.1) is 31.0 Å². The molecule has 2 aromatic carbocycles. The smallest absolute Gasteiger partial charge is 0.346 e. The molecule has 6 nitrogen and oxygen atoms in total. The second-order valence-corrected chi connectivity index (χ2v) is 5.83. The summed E-state index contributed by atoms with van der Waals surface area (Å²) in [6.07, 6.45) is 3.02. The first-order valence-electron chi connectivity index (χ1n) is 7.73. The molecular formula is C19H15ClN2O4. The van der Waals surface area contributed by atoms with Crippen LogP contribution < -0.4 is 4.74 Å². The van der Waals surface area contributed by atoms with Gasteiger partial charge in [0, 0.05) is 11.2 Å². The Morgan fingerprint density at radius 2 is 1.77 bits per heavy atom. The van der Waals surface area contributed by atoms with E-state index < -0.39 is 11.9 Å². The average molecular weight is 371 g/mol. The van der Waals surface area contributed by atoms with E-state index in [1.165, 1.54) is 37.6 Å². The number of carbonyl (C=O) groups excluding carboxylic acids is 2. The highest BCUT2D eigenvalue weighted by atomic mass is 35.5. The lowest BCUT2D eigenvalue weighted by molar-refractivity contribution is 0.0600. The van der Waals surface area contributed by atoms with Gasteiger partial charge in [0.25, 0.3) is 0 Å². The standard InChI is InChI=1S/C19H15ClN2O4/c1-25-18(23)13-6-8-16(9-7-13)26-19(24)15-10-21-22(12-15)11-14-4-2-3-5-17(14)20/h2-10,12H,11H2,1H3. The average Bonchev–Trinajstić information content (AvgIpc) is 3.12. The highest BCUT2D eigenvalue weighted by Crippen LogP contribution is 2.17. The minimum Gasteiger partial charge on any atom is -0.465 e. The molecule has 0 saturated carbocycles. The summed E-state index contributed by atoms with van der Waals surface area (Å²) >= 11 is 6.13. The van der Waals surface area contributed by atoms with Crippen molar-refractivity contribution in [3.8, 4) is 5.75 Å². The molecule has 0 radical (unpaired) electrons. The van der Waals surface area contributed by atoms with Crippen LogP contribution in [0.5, 0.6) is 5.75 Å². The van der Waals surface area contributed by atoms with Crippen LogP contribution in [0.4, 0.5) is 0 Å². The minimum atomic E-state index is -0.541. The van der Waals surface area contributed by atoms with Gasteiger partial charge in [0.15, 0.2) is 0 Å². The zero-order valence-electron chi connectivity index (χ0n) is 13.9. The molecule has 7 heteroatoms. The molecule has 1 aromatic heterocycles. The number of rotatable bonds is 5. The van der Waals surface area contributed by atoms with E-state index in [2.05, 4.69) is 9.84 Å². The molecular weight excluding hydrogens is 356 g/mol. The lowest BCUT2D eigenvalue weighted by atomic mass is 10.2. The van der Waals surface area contributed by atoms with Crippen LogP contribution in [-0.4, -0.2) is 28.8 Å². The summed E-state index contributed by atoms with van der Waals surface area (Å²) in [5.41, 5.74) is 1.59. The van der Waals surface area contributed by atoms with E-state index in [0.29, 0.717) is 28.4 Å². The highest BCUT2D eigenvalue weighted by Gasteiger charge is 2.13. The number of nitrogens with zero attached hydrogens (tertiary/aromatic N) is 2. The SMILES string of the molecule is COC(=O)c1ccc(OC(=O)c2cnn(Cc3ccccc3Cl)c2)cc1. The van der Waals surface area contributed by atoms with E-state index in [9.17, 15) is 9.59 Å². The van der Waals surface area contributed by atoms with Crippen molar-refractivity contribution < 1.29 is 19.1 Å². The fraction of sp³-hybridized carbons (Fsp3) is 0.105. The van der Waals surface area contributed by atoms with Gasteiger partial charge in [0.1, 0.15) is 5.75 Å². The summed E-state index contributed by atoms with van der Waals surface area (Å²) in [6.45, 7) is 0.445. The number of hydrogen-bond donors (Lipinski definition) is 0. The molecule has 0 bridgehead atoms. The molecule has 132 valence electrons. The number of halogens is 1. The van der Waals surface area contributed by atoms with Gasteiger partial charge in [-0.05, 0) is 35.9 Å². The summed E-state index contributed by atoms with van der Waals surface area (Å²) < 4.78 is 11.5. The number of aromatic nitrogens is 2. The van der Waals surface area contributed by atoms with Crippen LogP contribution in [0.25, 0.3) is 0 Å². The third-order valence-electron chi connectivity index (χ3n) is 3.65. The van der Waals surface area contributed by atoms with Gasteiger partial charge in [-0.25, -0.2) is 9.59 Å². The molecule has 0 aliphatic rings. The Balaban J connectivity index is 1.66. The van der Waals surface area contributed by atoms with Gasteiger partial charge in [-0.1, -0.05) is 29.8 Å². The fourth-order valence-corrected chi connectivity index (χ4v) is 2.49. The molecule has 0 aliphatic heterocycles. The lowest BCUT2D eigenvalue weighted by Crippen LogP contribution is -2.08. The normalized spacial score (nSPS) is 10.4. The monoisotopic (exact) mass is 370 g/mol. The van der Waals surface area contributed by atoms with Gasteiger partial charge in [-0.2, -0.15) is 5.10 Å². The minimum absolute atomic E-state index is 0.314. The first-order chi connectivity index (χ1) is 12.6. The molecule has 1 heterocycles. The Morgan fingerprint density at radius 3 is 2.46 bits per heavy atom. The van der Waals surface area contributed by atoms with E-state index in [0.717, 1.165) is 5.56 Å². The van der Waals surface area contributed by atoms with Crippen molar-refractivity contribution in [2.24, 2.45) is 0 Å². The van der Waals surface area contributed by atoms with E-state index in [-0.39, 0.29) is 0 Å². The van der Waals surface area contributed by atoms with Crippen LogP contribution in [0.3, 0.4) is 0 Å². The first kappa shape index (κ1) is 17.7. The Kier molecular flexibility index (Phi) is 5.34. The molecule has 0 spiro atoms. The number of esters is 2. The lowest BCUT2D eigenvalue weighted by Gasteiger charge is -2.04. The zero-order valence-corrected chi connectivity index (χ0v) is 14.6. The molecule has 0 unspecified atom stereocenters. The topological polar surface area (TPSA) is 70.4 Å². The Labute approximate surface area is 154 Å². The van der Waals surface area contributed by atoms with Crippen LogP contribution in [0.2, 0.25) is 5.02 Å².